The summed E-state index contributed by atoms with van der Waals surface area (Å²) in [7, 11) is 0. The molecule has 1 aromatic rings. The van der Waals surface area contributed by atoms with Crippen LogP contribution in [0, 0.1) is 5.41 Å². The van der Waals surface area contributed by atoms with Crippen molar-refractivity contribution < 1.29 is 15.0 Å². The van der Waals surface area contributed by atoms with E-state index >= 15 is 0 Å². The van der Waals surface area contributed by atoms with Gasteiger partial charge in [-0.15, -0.1) is 0 Å². The average Bonchev–Trinajstić information content (AvgIpc) is 2.24. The Hall–Kier alpha value is -1.55. The zero-order valence-corrected chi connectivity index (χ0v) is 10.4. The quantitative estimate of drug-likeness (QED) is 0.746. The molecule has 0 heterocycles. The Morgan fingerprint density at radius 2 is 1.82 bits per heavy atom. The van der Waals surface area contributed by atoms with Crippen molar-refractivity contribution in [2.45, 2.75) is 26.8 Å². The maximum Gasteiger partial charge on any atom is 0.251 e. The number of aliphatic hydroxyl groups excluding tert-OH is 1. The highest BCUT2D eigenvalue weighted by Crippen LogP contribution is 2.19. The second-order valence-corrected chi connectivity index (χ2v) is 5.12. The second kappa shape index (κ2) is 5.19. The van der Waals surface area contributed by atoms with E-state index in [-0.39, 0.29) is 29.7 Å². The second-order valence-electron chi connectivity index (χ2n) is 5.12. The molecule has 0 spiro atoms. The van der Waals surface area contributed by atoms with Crippen LogP contribution in [0.3, 0.4) is 0 Å². The molecule has 0 saturated heterocycles. The van der Waals surface area contributed by atoms with Crippen LogP contribution in [0.5, 0.6) is 5.75 Å². The van der Waals surface area contributed by atoms with Gasteiger partial charge in [0.25, 0.3) is 5.91 Å². The summed E-state index contributed by atoms with van der Waals surface area (Å²) in [5.41, 5.74) is 0.256. The first kappa shape index (κ1) is 13.5. The van der Waals surface area contributed by atoms with Gasteiger partial charge in [-0.25, -0.2) is 0 Å². The number of carbonyl (C=O) groups excluding carboxylic acids is 1. The molecular formula is C13H19NO3. The van der Waals surface area contributed by atoms with Gasteiger partial charge in [0.1, 0.15) is 5.75 Å². The SMILES string of the molecule is CC(C)(C)C(CO)NC(=O)c1ccc(O)cc1. The number of hydrogen-bond donors (Lipinski definition) is 3. The molecule has 1 amide bonds. The Morgan fingerprint density at radius 1 is 1.29 bits per heavy atom. The minimum Gasteiger partial charge on any atom is -0.508 e. The van der Waals surface area contributed by atoms with Crippen molar-refractivity contribution in [2.75, 3.05) is 6.61 Å². The average molecular weight is 237 g/mol. The number of phenols is 1. The first-order valence-electron chi connectivity index (χ1n) is 5.55. The van der Waals surface area contributed by atoms with Crippen LogP contribution < -0.4 is 5.32 Å². The normalized spacial score (nSPS) is 13.2. The summed E-state index contributed by atoms with van der Waals surface area (Å²) < 4.78 is 0. The smallest absolute Gasteiger partial charge is 0.251 e. The van der Waals surface area contributed by atoms with Gasteiger partial charge in [0.2, 0.25) is 0 Å². The molecule has 0 bridgehead atoms. The van der Waals surface area contributed by atoms with Crippen molar-refractivity contribution >= 4 is 5.91 Å². The summed E-state index contributed by atoms with van der Waals surface area (Å²) in [6.45, 7) is 5.74. The molecule has 0 aliphatic heterocycles. The molecule has 0 aliphatic carbocycles. The van der Waals surface area contributed by atoms with Crippen molar-refractivity contribution in [3.05, 3.63) is 29.8 Å². The van der Waals surface area contributed by atoms with E-state index in [1.807, 2.05) is 20.8 Å². The van der Waals surface area contributed by atoms with Crippen LogP contribution in [-0.2, 0) is 0 Å². The Morgan fingerprint density at radius 3 is 2.24 bits per heavy atom. The Labute approximate surface area is 101 Å². The van der Waals surface area contributed by atoms with E-state index in [2.05, 4.69) is 5.32 Å². The number of hydrogen-bond acceptors (Lipinski definition) is 3. The molecule has 1 aromatic carbocycles. The van der Waals surface area contributed by atoms with Gasteiger partial charge in [0.15, 0.2) is 0 Å². The van der Waals surface area contributed by atoms with Crippen LogP contribution in [0.4, 0.5) is 0 Å². The number of rotatable bonds is 3. The number of carbonyl (C=O) groups is 1. The molecule has 0 saturated carbocycles. The number of benzene rings is 1. The zero-order valence-electron chi connectivity index (χ0n) is 10.4. The summed E-state index contributed by atoms with van der Waals surface area (Å²) in [5, 5.41) is 21.1. The fourth-order valence-corrected chi connectivity index (χ4v) is 1.39. The van der Waals surface area contributed by atoms with Crippen LogP contribution in [0.15, 0.2) is 24.3 Å². The Balaban J connectivity index is 2.75. The van der Waals surface area contributed by atoms with E-state index in [0.29, 0.717) is 5.56 Å². The standard InChI is InChI=1S/C13H19NO3/c1-13(2,3)11(8-15)14-12(17)9-4-6-10(16)7-5-9/h4-7,11,15-16H,8H2,1-3H3,(H,14,17). The van der Waals surface area contributed by atoms with Crippen LogP contribution in [0.1, 0.15) is 31.1 Å². The third kappa shape index (κ3) is 3.75. The van der Waals surface area contributed by atoms with Gasteiger partial charge in [0, 0.05) is 5.56 Å². The monoisotopic (exact) mass is 237 g/mol. The maximum absolute atomic E-state index is 11.9. The number of nitrogens with one attached hydrogen (secondary N) is 1. The highest BCUT2D eigenvalue weighted by molar-refractivity contribution is 5.94. The van der Waals surface area contributed by atoms with Crippen LogP contribution in [-0.4, -0.2) is 28.8 Å². The lowest BCUT2D eigenvalue weighted by atomic mass is 9.87. The fourth-order valence-electron chi connectivity index (χ4n) is 1.39. The van der Waals surface area contributed by atoms with Gasteiger partial charge in [-0.1, -0.05) is 20.8 Å². The molecule has 0 aliphatic rings. The fraction of sp³-hybridized carbons (Fsp3) is 0.462. The van der Waals surface area contributed by atoms with Crippen LogP contribution >= 0.6 is 0 Å². The molecule has 94 valence electrons. The summed E-state index contributed by atoms with van der Waals surface area (Å²) in [4.78, 5) is 11.9. The van der Waals surface area contributed by atoms with E-state index in [0.717, 1.165) is 0 Å². The van der Waals surface area contributed by atoms with Crippen molar-refractivity contribution in [2.24, 2.45) is 5.41 Å². The summed E-state index contributed by atoms with van der Waals surface area (Å²) in [6, 6.07) is 5.70. The first-order chi connectivity index (χ1) is 7.84. The van der Waals surface area contributed by atoms with Gasteiger partial charge in [-0.3, -0.25) is 4.79 Å². The lowest BCUT2D eigenvalue weighted by Gasteiger charge is -2.29. The maximum atomic E-state index is 11.9. The van der Waals surface area contributed by atoms with E-state index in [1.54, 1.807) is 12.1 Å². The molecule has 1 unspecified atom stereocenters. The van der Waals surface area contributed by atoms with Gasteiger partial charge >= 0.3 is 0 Å². The molecule has 1 atom stereocenters. The molecule has 0 radical (unpaired) electrons. The predicted molar refractivity (Wildman–Crippen MR) is 65.9 cm³/mol. The van der Waals surface area contributed by atoms with Crippen LogP contribution in [0.25, 0.3) is 0 Å². The Kier molecular flexibility index (Phi) is 4.12. The molecule has 3 N–H and O–H groups in total. The van der Waals surface area contributed by atoms with Gasteiger partial charge in [-0.2, -0.15) is 0 Å². The van der Waals surface area contributed by atoms with Gasteiger partial charge in [-0.05, 0) is 29.7 Å². The molecule has 17 heavy (non-hydrogen) atoms. The lowest BCUT2D eigenvalue weighted by Crippen LogP contribution is -2.46. The minimum absolute atomic E-state index is 0.104. The minimum atomic E-state index is -0.302. The largest absolute Gasteiger partial charge is 0.508 e. The zero-order chi connectivity index (χ0) is 13.1. The summed E-state index contributed by atoms with van der Waals surface area (Å²) in [6.07, 6.45) is 0. The van der Waals surface area contributed by atoms with Gasteiger partial charge < -0.3 is 15.5 Å². The molecular weight excluding hydrogens is 218 g/mol. The van der Waals surface area contributed by atoms with Gasteiger partial charge in [0.05, 0.1) is 12.6 Å². The highest BCUT2D eigenvalue weighted by atomic mass is 16.3. The molecule has 0 fully saturated rings. The number of aromatic hydroxyl groups is 1. The number of aliphatic hydroxyl groups is 1. The van der Waals surface area contributed by atoms with E-state index < -0.39 is 0 Å². The Bertz CT molecular complexity index is 379. The van der Waals surface area contributed by atoms with Crippen molar-refractivity contribution in [3.63, 3.8) is 0 Å². The topological polar surface area (TPSA) is 69.6 Å². The van der Waals surface area contributed by atoms with Crippen molar-refractivity contribution in [1.29, 1.82) is 0 Å². The molecule has 4 heteroatoms. The highest BCUT2D eigenvalue weighted by Gasteiger charge is 2.25. The molecule has 4 nitrogen and oxygen atoms in total. The van der Waals surface area contributed by atoms with E-state index in [9.17, 15) is 9.90 Å². The van der Waals surface area contributed by atoms with E-state index in [4.69, 9.17) is 5.11 Å². The predicted octanol–water partition coefficient (Wildman–Crippen LogP) is 1.53. The third-order valence-electron chi connectivity index (χ3n) is 2.66. The first-order valence-corrected chi connectivity index (χ1v) is 5.55. The van der Waals surface area contributed by atoms with Crippen molar-refractivity contribution in [1.82, 2.24) is 5.32 Å². The number of phenolic OH excluding ortho intramolecular Hbond substituents is 1. The molecule has 1 rings (SSSR count). The van der Waals surface area contributed by atoms with Crippen molar-refractivity contribution in [3.8, 4) is 5.75 Å². The van der Waals surface area contributed by atoms with Crippen LogP contribution in [0.2, 0.25) is 0 Å². The van der Waals surface area contributed by atoms with E-state index in [1.165, 1.54) is 12.1 Å². The summed E-state index contributed by atoms with van der Waals surface area (Å²) >= 11 is 0. The summed E-state index contributed by atoms with van der Waals surface area (Å²) in [5.74, 6) is -0.130. The third-order valence-corrected chi connectivity index (χ3v) is 2.66. The lowest BCUT2D eigenvalue weighted by molar-refractivity contribution is 0.0848. The number of amides is 1. The molecule has 0 aromatic heterocycles.